The van der Waals surface area contributed by atoms with E-state index in [0.717, 1.165) is 12.2 Å². The summed E-state index contributed by atoms with van der Waals surface area (Å²) in [5.41, 5.74) is 1.03. The molecule has 0 radical (unpaired) electrons. The van der Waals surface area contributed by atoms with Crippen molar-refractivity contribution in [3.63, 3.8) is 0 Å². The third kappa shape index (κ3) is 4.52. The zero-order valence-corrected chi connectivity index (χ0v) is 11.0. The Labute approximate surface area is 87.5 Å². The summed E-state index contributed by atoms with van der Waals surface area (Å²) in [6.07, 6.45) is 1.59. The molecule has 0 saturated heterocycles. The zero-order valence-electron chi connectivity index (χ0n) is 9.09. The Bertz CT molecular complexity index is 220. The third-order valence-electron chi connectivity index (χ3n) is 1.88. The van der Waals surface area contributed by atoms with E-state index >= 15 is 0 Å². The third-order valence-corrected chi connectivity index (χ3v) is 4.30. The molecule has 0 aliphatic carbocycles. The Morgan fingerprint density at radius 1 is 1.46 bits per heavy atom. The molecule has 13 heavy (non-hydrogen) atoms. The molecule has 0 aromatic heterocycles. The molecular weight excluding hydrogens is 198 g/mol. The van der Waals surface area contributed by atoms with Crippen molar-refractivity contribution in [2.24, 2.45) is 0 Å². The molecular formula is C9H19NOSSi. The molecule has 0 N–H and O–H groups in total. The maximum absolute atomic E-state index is 10.8. The van der Waals surface area contributed by atoms with Gasteiger partial charge in [0.25, 0.3) is 0 Å². The Morgan fingerprint density at radius 3 is 2.15 bits per heavy atom. The van der Waals surface area contributed by atoms with E-state index in [9.17, 15) is 4.79 Å². The number of nitrogens with zero attached hydrogens (tertiary/aromatic N) is 1. The fourth-order valence-corrected chi connectivity index (χ4v) is 3.77. The maximum Gasteiger partial charge on any atom is 0.210 e. The van der Waals surface area contributed by atoms with E-state index < -0.39 is 8.24 Å². The van der Waals surface area contributed by atoms with E-state index in [4.69, 9.17) is 0 Å². The lowest BCUT2D eigenvalue weighted by Gasteiger charge is -2.35. The van der Waals surface area contributed by atoms with Crippen molar-refractivity contribution in [2.75, 3.05) is 6.54 Å². The summed E-state index contributed by atoms with van der Waals surface area (Å²) < 4.78 is 2.31. The fourth-order valence-electron chi connectivity index (χ4n) is 1.51. The molecule has 0 bridgehead atoms. The van der Waals surface area contributed by atoms with E-state index in [1.54, 1.807) is 6.08 Å². The van der Waals surface area contributed by atoms with Crippen molar-refractivity contribution in [3.8, 4) is 0 Å². The second-order valence-electron chi connectivity index (χ2n) is 4.04. The molecule has 0 atom stereocenters. The zero-order chi connectivity index (χ0) is 10.6. The Kier molecular flexibility index (Phi) is 4.78. The smallest absolute Gasteiger partial charge is 0.210 e. The summed E-state index contributed by atoms with van der Waals surface area (Å²) in [6.45, 7) is 11.8. The molecule has 0 saturated carbocycles. The van der Waals surface area contributed by atoms with Gasteiger partial charge in [0, 0.05) is 18.3 Å². The monoisotopic (exact) mass is 217 g/mol. The van der Waals surface area contributed by atoms with Crippen molar-refractivity contribution in [1.29, 1.82) is 0 Å². The number of thiol groups is 1. The van der Waals surface area contributed by atoms with Crippen LogP contribution in [-0.2, 0) is 4.79 Å². The quantitative estimate of drug-likeness (QED) is 0.443. The summed E-state index contributed by atoms with van der Waals surface area (Å²) in [5.74, 6) is 0. The predicted molar refractivity (Wildman–Crippen MR) is 63.5 cm³/mol. The first-order valence-electron chi connectivity index (χ1n) is 4.48. The molecule has 0 rings (SSSR count). The van der Waals surface area contributed by atoms with Crippen LogP contribution in [-0.4, -0.2) is 24.5 Å². The molecule has 0 aliphatic heterocycles. The lowest BCUT2D eigenvalue weighted by atomic mass is 10.4. The van der Waals surface area contributed by atoms with Gasteiger partial charge in [-0.2, -0.15) is 0 Å². The highest BCUT2D eigenvalue weighted by Crippen LogP contribution is 2.15. The van der Waals surface area contributed by atoms with Gasteiger partial charge in [0.05, 0.1) is 0 Å². The average molecular weight is 217 g/mol. The minimum atomic E-state index is -1.34. The van der Waals surface area contributed by atoms with E-state index in [1.165, 1.54) is 0 Å². The second kappa shape index (κ2) is 4.86. The molecule has 0 amide bonds. The Balaban J connectivity index is 4.69. The Morgan fingerprint density at radius 2 is 1.92 bits per heavy atom. The normalized spacial score (nSPS) is 12.9. The average Bonchev–Trinajstić information content (AvgIpc) is 1.82. The molecule has 0 aromatic carbocycles. The van der Waals surface area contributed by atoms with Gasteiger partial charge in [-0.15, -0.1) is 12.6 Å². The maximum atomic E-state index is 10.8. The standard InChI is InChI=1S/C9H19NOSSi/c1-6-10(13(3,4)5)8(2)7-9(11)12/h7H,6H2,1-5H3,(H,11,12)/b8-7-. The molecule has 0 spiro atoms. The van der Waals surface area contributed by atoms with Gasteiger partial charge in [-0.25, -0.2) is 0 Å². The lowest BCUT2D eigenvalue weighted by molar-refractivity contribution is -0.106. The SMILES string of the molecule is CCN(/C(C)=C\C(=O)S)[Si](C)(C)C. The highest BCUT2D eigenvalue weighted by Gasteiger charge is 2.22. The fraction of sp³-hybridized carbons (Fsp3) is 0.667. The highest BCUT2D eigenvalue weighted by atomic mass is 32.1. The number of allylic oxidation sites excluding steroid dienone is 1. The minimum absolute atomic E-state index is 0.172. The van der Waals surface area contributed by atoms with E-state index in [-0.39, 0.29) is 5.12 Å². The minimum Gasteiger partial charge on any atom is -0.402 e. The number of rotatable bonds is 4. The lowest BCUT2D eigenvalue weighted by Crippen LogP contribution is -2.44. The van der Waals surface area contributed by atoms with Crippen LogP contribution in [0.3, 0.4) is 0 Å². The van der Waals surface area contributed by atoms with Gasteiger partial charge in [-0.3, -0.25) is 4.79 Å². The summed E-state index contributed by atoms with van der Waals surface area (Å²) >= 11 is 3.74. The van der Waals surface area contributed by atoms with Crippen LogP contribution in [0.4, 0.5) is 0 Å². The molecule has 0 fully saturated rings. The predicted octanol–water partition coefficient (Wildman–Crippen LogP) is 2.50. The first-order chi connectivity index (χ1) is 5.79. The van der Waals surface area contributed by atoms with Gasteiger partial charge in [0.1, 0.15) is 8.24 Å². The van der Waals surface area contributed by atoms with Crippen LogP contribution < -0.4 is 0 Å². The largest absolute Gasteiger partial charge is 0.402 e. The summed E-state index contributed by atoms with van der Waals surface area (Å²) in [6, 6.07) is 0. The topological polar surface area (TPSA) is 20.3 Å². The van der Waals surface area contributed by atoms with Gasteiger partial charge in [-0.1, -0.05) is 19.6 Å². The highest BCUT2D eigenvalue weighted by molar-refractivity contribution is 7.97. The van der Waals surface area contributed by atoms with Crippen LogP contribution >= 0.6 is 12.6 Å². The summed E-state index contributed by atoms with van der Waals surface area (Å²) in [7, 11) is -1.34. The van der Waals surface area contributed by atoms with Crippen molar-refractivity contribution in [3.05, 3.63) is 11.8 Å². The van der Waals surface area contributed by atoms with Crippen LogP contribution in [0.2, 0.25) is 19.6 Å². The van der Waals surface area contributed by atoms with Gasteiger partial charge in [0.2, 0.25) is 5.12 Å². The van der Waals surface area contributed by atoms with Crippen LogP contribution in [0.15, 0.2) is 11.8 Å². The first-order valence-corrected chi connectivity index (χ1v) is 8.37. The Hall–Kier alpha value is -0.223. The molecule has 0 unspecified atom stereocenters. The number of hydrogen-bond acceptors (Lipinski definition) is 2. The summed E-state index contributed by atoms with van der Waals surface area (Å²) in [4.78, 5) is 10.8. The number of hydrogen-bond donors (Lipinski definition) is 1. The van der Waals surface area contributed by atoms with E-state index in [0.29, 0.717) is 0 Å². The van der Waals surface area contributed by atoms with Gasteiger partial charge in [0.15, 0.2) is 0 Å². The molecule has 2 nitrogen and oxygen atoms in total. The second-order valence-corrected chi connectivity index (χ2v) is 9.36. The summed E-state index contributed by atoms with van der Waals surface area (Å²) in [5, 5.41) is -0.172. The number of carbonyl (C=O) groups is 1. The molecule has 76 valence electrons. The van der Waals surface area contributed by atoms with Crippen molar-refractivity contribution in [2.45, 2.75) is 33.5 Å². The van der Waals surface area contributed by atoms with Crippen LogP contribution in [0.5, 0.6) is 0 Å². The van der Waals surface area contributed by atoms with Crippen molar-refractivity contribution >= 4 is 26.0 Å². The molecule has 0 aliphatic rings. The van der Waals surface area contributed by atoms with Crippen molar-refractivity contribution in [1.82, 2.24) is 4.57 Å². The van der Waals surface area contributed by atoms with Crippen LogP contribution in [0, 0.1) is 0 Å². The van der Waals surface area contributed by atoms with Crippen molar-refractivity contribution < 1.29 is 4.79 Å². The number of carbonyl (C=O) groups excluding carboxylic acids is 1. The molecule has 0 heterocycles. The van der Waals surface area contributed by atoms with Crippen LogP contribution in [0.1, 0.15) is 13.8 Å². The van der Waals surface area contributed by atoms with Gasteiger partial charge in [-0.05, 0) is 13.8 Å². The molecule has 4 heteroatoms. The van der Waals surface area contributed by atoms with Gasteiger partial charge < -0.3 is 4.57 Å². The van der Waals surface area contributed by atoms with Gasteiger partial charge >= 0.3 is 0 Å². The molecule has 0 aromatic rings. The van der Waals surface area contributed by atoms with E-state index in [2.05, 4.69) is 43.8 Å². The first kappa shape index (κ1) is 12.8. The van der Waals surface area contributed by atoms with Crippen LogP contribution in [0.25, 0.3) is 0 Å². The van der Waals surface area contributed by atoms with E-state index in [1.807, 2.05) is 6.92 Å².